The van der Waals surface area contributed by atoms with Crippen molar-refractivity contribution in [2.75, 3.05) is 33.2 Å². The van der Waals surface area contributed by atoms with E-state index in [1.54, 1.807) is 5.56 Å². The van der Waals surface area contributed by atoms with Crippen LogP contribution in [0.1, 0.15) is 31.2 Å². The van der Waals surface area contributed by atoms with Gasteiger partial charge in [-0.25, -0.2) is 0 Å². The van der Waals surface area contributed by atoms with Gasteiger partial charge in [0.2, 0.25) is 0 Å². The van der Waals surface area contributed by atoms with Gasteiger partial charge in [0.15, 0.2) is 0 Å². The standard InChI is InChI=1S/C17H26N2/c1-19-12-8-16(9-13-19)17(10-5-11-18-14-17)15-6-3-2-4-7-15/h2-4,6-7,16,18H,5,8-14H2,1H3. The van der Waals surface area contributed by atoms with Gasteiger partial charge in [-0.1, -0.05) is 30.3 Å². The number of benzene rings is 1. The number of piperidine rings is 2. The molecule has 2 nitrogen and oxygen atoms in total. The van der Waals surface area contributed by atoms with E-state index >= 15 is 0 Å². The molecule has 3 rings (SSSR count). The fraction of sp³-hybridized carbons (Fsp3) is 0.647. The minimum absolute atomic E-state index is 0.390. The molecule has 2 saturated heterocycles. The Morgan fingerprint density at radius 1 is 1.16 bits per heavy atom. The molecule has 1 unspecified atom stereocenters. The average molecular weight is 258 g/mol. The van der Waals surface area contributed by atoms with Crippen LogP contribution in [-0.4, -0.2) is 38.1 Å². The van der Waals surface area contributed by atoms with Crippen LogP contribution in [0.5, 0.6) is 0 Å². The van der Waals surface area contributed by atoms with Gasteiger partial charge in [0.05, 0.1) is 0 Å². The zero-order chi connectivity index (χ0) is 13.1. The fourth-order valence-corrected chi connectivity index (χ4v) is 4.09. The Morgan fingerprint density at radius 3 is 2.53 bits per heavy atom. The molecule has 0 saturated carbocycles. The largest absolute Gasteiger partial charge is 0.316 e. The van der Waals surface area contributed by atoms with E-state index in [9.17, 15) is 0 Å². The summed E-state index contributed by atoms with van der Waals surface area (Å²) < 4.78 is 0. The summed E-state index contributed by atoms with van der Waals surface area (Å²) in [7, 11) is 2.25. The molecule has 19 heavy (non-hydrogen) atoms. The van der Waals surface area contributed by atoms with Crippen molar-refractivity contribution in [1.82, 2.24) is 10.2 Å². The first-order valence-corrected chi connectivity index (χ1v) is 7.76. The first-order valence-electron chi connectivity index (χ1n) is 7.76. The summed E-state index contributed by atoms with van der Waals surface area (Å²) in [6.45, 7) is 4.89. The lowest BCUT2D eigenvalue weighted by atomic mass is 9.63. The molecule has 1 aromatic carbocycles. The predicted octanol–water partition coefficient (Wildman–Crippen LogP) is 2.65. The Balaban J connectivity index is 1.88. The van der Waals surface area contributed by atoms with Gasteiger partial charge in [-0.15, -0.1) is 0 Å². The second-order valence-corrected chi connectivity index (χ2v) is 6.38. The van der Waals surface area contributed by atoms with Crippen LogP contribution in [0.4, 0.5) is 0 Å². The highest BCUT2D eigenvalue weighted by Crippen LogP contribution is 2.42. The number of nitrogens with zero attached hydrogens (tertiary/aromatic N) is 1. The van der Waals surface area contributed by atoms with Crippen molar-refractivity contribution in [2.24, 2.45) is 5.92 Å². The minimum atomic E-state index is 0.390. The highest BCUT2D eigenvalue weighted by Gasteiger charge is 2.41. The zero-order valence-electron chi connectivity index (χ0n) is 12.1. The summed E-state index contributed by atoms with van der Waals surface area (Å²) in [6, 6.07) is 11.3. The Morgan fingerprint density at radius 2 is 1.89 bits per heavy atom. The van der Waals surface area contributed by atoms with Gasteiger partial charge in [-0.3, -0.25) is 0 Å². The van der Waals surface area contributed by atoms with Crippen molar-refractivity contribution < 1.29 is 0 Å². The van der Waals surface area contributed by atoms with Crippen molar-refractivity contribution >= 4 is 0 Å². The lowest BCUT2D eigenvalue weighted by molar-refractivity contribution is 0.121. The number of hydrogen-bond donors (Lipinski definition) is 1. The van der Waals surface area contributed by atoms with Crippen molar-refractivity contribution in [3.8, 4) is 0 Å². The van der Waals surface area contributed by atoms with Crippen molar-refractivity contribution in [2.45, 2.75) is 31.1 Å². The van der Waals surface area contributed by atoms with Gasteiger partial charge in [-0.05, 0) is 63.8 Å². The van der Waals surface area contributed by atoms with Crippen LogP contribution in [0.15, 0.2) is 30.3 Å². The molecule has 2 aliphatic heterocycles. The molecule has 0 aromatic heterocycles. The third-order valence-electron chi connectivity index (χ3n) is 5.27. The Kier molecular flexibility index (Phi) is 3.90. The van der Waals surface area contributed by atoms with E-state index in [0.717, 1.165) is 5.92 Å². The lowest BCUT2D eigenvalue weighted by Gasteiger charge is -2.47. The van der Waals surface area contributed by atoms with Crippen LogP contribution in [0.2, 0.25) is 0 Å². The Hall–Kier alpha value is -0.860. The topological polar surface area (TPSA) is 15.3 Å². The Bertz CT molecular complexity index is 387. The van der Waals surface area contributed by atoms with Gasteiger partial charge in [0.1, 0.15) is 0 Å². The summed E-state index contributed by atoms with van der Waals surface area (Å²) in [4.78, 5) is 2.48. The van der Waals surface area contributed by atoms with Crippen molar-refractivity contribution in [1.29, 1.82) is 0 Å². The molecule has 0 spiro atoms. The van der Waals surface area contributed by atoms with Crippen LogP contribution in [0, 0.1) is 5.92 Å². The highest BCUT2D eigenvalue weighted by atomic mass is 15.1. The van der Waals surface area contributed by atoms with Gasteiger partial charge in [0, 0.05) is 12.0 Å². The van der Waals surface area contributed by atoms with Gasteiger partial charge in [-0.2, -0.15) is 0 Å². The molecule has 0 amide bonds. The minimum Gasteiger partial charge on any atom is -0.316 e. The molecule has 1 aromatic rings. The second kappa shape index (κ2) is 5.64. The number of hydrogen-bond acceptors (Lipinski definition) is 2. The summed E-state index contributed by atoms with van der Waals surface area (Å²) >= 11 is 0. The molecule has 0 radical (unpaired) electrons. The normalized spacial score (nSPS) is 30.4. The van der Waals surface area contributed by atoms with Gasteiger partial charge < -0.3 is 10.2 Å². The van der Waals surface area contributed by atoms with E-state index in [0.29, 0.717) is 5.41 Å². The molecule has 1 N–H and O–H groups in total. The molecule has 104 valence electrons. The van der Waals surface area contributed by atoms with Crippen molar-refractivity contribution in [3.05, 3.63) is 35.9 Å². The SMILES string of the molecule is CN1CCC(C2(c3ccccc3)CCCNC2)CC1. The second-order valence-electron chi connectivity index (χ2n) is 6.38. The van der Waals surface area contributed by atoms with E-state index in [2.05, 4.69) is 47.6 Å². The van der Waals surface area contributed by atoms with E-state index in [1.807, 2.05) is 0 Å². The van der Waals surface area contributed by atoms with Crippen LogP contribution in [0.25, 0.3) is 0 Å². The average Bonchev–Trinajstić information content (AvgIpc) is 2.49. The van der Waals surface area contributed by atoms with Gasteiger partial charge >= 0.3 is 0 Å². The molecule has 0 bridgehead atoms. The molecular formula is C17H26N2. The first-order chi connectivity index (χ1) is 9.31. The predicted molar refractivity (Wildman–Crippen MR) is 80.4 cm³/mol. The summed E-state index contributed by atoms with van der Waals surface area (Å²) in [5, 5.41) is 3.67. The first kappa shape index (κ1) is 13.1. The zero-order valence-corrected chi connectivity index (χ0v) is 12.1. The molecule has 2 heterocycles. The lowest BCUT2D eigenvalue weighted by Crippen LogP contribution is -2.51. The third kappa shape index (κ3) is 2.56. The smallest absolute Gasteiger partial charge is 0.0107 e. The summed E-state index contributed by atoms with van der Waals surface area (Å²) in [5.74, 6) is 0.846. The number of nitrogens with one attached hydrogen (secondary N) is 1. The Labute approximate surface area is 117 Å². The maximum atomic E-state index is 3.67. The van der Waals surface area contributed by atoms with Gasteiger partial charge in [0.25, 0.3) is 0 Å². The molecule has 2 aliphatic rings. The van der Waals surface area contributed by atoms with E-state index in [4.69, 9.17) is 0 Å². The maximum Gasteiger partial charge on any atom is 0.0107 e. The molecule has 1 atom stereocenters. The third-order valence-corrected chi connectivity index (χ3v) is 5.27. The van der Waals surface area contributed by atoms with E-state index < -0.39 is 0 Å². The molecule has 2 fully saturated rings. The summed E-state index contributed by atoms with van der Waals surface area (Å²) in [5.41, 5.74) is 1.96. The van der Waals surface area contributed by atoms with Crippen LogP contribution >= 0.6 is 0 Å². The number of rotatable bonds is 2. The van der Waals surface area contributed by atoms with Crippen molar-refractivity contribution in [3.63, 3.8) is 0 Å². The molecule has 2 heteroatoms. The van der Waals surface area contributed by atoms with Crippen LogP contribution in [-0.2, 0) is 5.41 Å². The van der Waals surface area contributed by atoms with E-state index in [1.165, 1.54) is 51.9 Å². The molecular weight excluding hydrogens is 232 g/mol. The number of likely N-dealkylation sites (tertiary alicyclic amines) is 1. The highest BCUT2D eigenvalue weighted by molar-refractivity contribution is 5.28. The molecule has 0 aliphatic carbocycles. The maximum absolute atomic E-state index is 3.67. The van der Waals surface area contributed by atoms with Crippen LogP contribution < -0.4 is 5.32 Å². The summed E-state index contributed by atoms with van der Waals surface area (Å²) in [6.07, 6.45) is 5.39. The van der Waals surface area contributed by atoms with Crippen LogP contribution in [0.3, 0.4) is 0 Å². The van der Waals surface area contributed by atoms with E-state index in [-0.39, 0.29) is 0 Å². The monoisotopic (exact) mass is 258 g/mol. The fourth-order valence-electron chi connectivity index (χ4n) is 4.09. The quantitative estimate of drug-likeness (QED) is 0.877.